The zero-order valence-corrected chi connectivity index (χ0v) is 23.4. The third-order valence-corrected chi connectivity index (χ3v) is 7.52. The van der Waals surface area contributed by atoms with Crippen LogP contribution >= 0.6 is 11.3 Å². The lowest BCUT2D eigenvalue weighted by Crippen LogP contribution is -2.33. The van der Waals surface area contributed by atoms with Gasteiger partial charge in [0.1, 0.15) is 11.9 Å². The minimum atomic E-state index is -0.316. The van der Waals surface area contributed by atoms with Crippen molar-refractivity contribution in [3.05, 3.63) is 75.7 Å². The summed E-state index contributed by atoms with van der Waals surface area (Å²) in [6.45, 7) is 6.75. The lowest BCUT2D eigenvalue weighted by Gasteiger charge is -2.23. The second-order valence-corrected chi connectivity index (χ2v) is 10.6. The maximum absolute atomic E-state index is 13.3. The molecule has 9 heteroatoms. The van der Waals surface area contributed by atoms with Gasteiger partial charge in [-0.3, -0.25) is 9.78 Å². The third-order valence-electron chi connectivity index (χ3n) is 6.56. The van der Waals surface area contributed by atoms with Crippen LogP contribution in [-0.4, -0.2) is 67.1 Å². The summed E-state index contributed by atoms with van der Waals surface area (Å²) in [5, 5.41) is 2.03. The highest BCUT2D eigenvalue weighted by atomic mass is 32.1. The summed E-state index contributed by atoms with van der Waals surface area (Å²) in [5.41, 5.74) is 3.50. The number of hydrogen-bond donors (Lipinski definition) is 0. The van der Waals surface area contributed by atoms with Gasteiger partial charge in [-0.15, -0.1) is 11.3 Å². The van der Waals surface area contributed by atoms with Crippen LogP contribution in [-0.2, 0) is 11.3 Å². The number of hydrogen-bond acceptors (Lipinski definition) is 7. The number of amides is 2. The van der Waals surface area contributed by atoms with Crippen LogP contribution in [0, 0.1) is 6.92 Å². The van der Waals surface area contributed by atoms with Crippen LogP contribution in [0.3, 0.4) is 0 Å². The summed E-state index contributed by atoms with van der Waals surface area (Å²) < 4.78 is 11.6. The number of benzene rings is 1. The quantitative estimate of drug-likeness (QED) is 0.339. The number of fused-ring (bicyclic) bond motifs is 1. The van der Waals surface area contributed by atoms with E-state index in [1.807, 2.05) is 67.6 Å². The minimum Gasteiger partial charge on any atom is -0.485 e. The Morgan fingerprint density at radius 3 is 2.71 bits per heavy atom. The number of thiophene rings is 1. The molecular formula is C29H36N4O4S. The standard InChI is InChI=1S/C29H36N4O4S/c1-5-16-36-29(35)32(4)13-12-26(27-7-6-17-38-27)37-23-10-8-22(9-11-23)20-33-15-14-31(3)25-18-21(2)30-19-24(25)28(33)34/h6-11,17-19,26H,5,12-16,20H2,1-4H3/t26-/m0/s1. The van der Waals surface area contributed by atoms with Crippen molar-refractivity contribution in [2.24, 2.45) is 0 Å². The Morgan fingerprint density at radius 1 is 1.21 bits per heavy atom. The van der Waals surface area contributed by atoms with E-state index >= 15 is 0 Å². The van der Waals surface area contributed by atoms with Gasteiger partial charge in [0.15, 0.2) is 0 Å². The van der Waals surface area contributed by atoms with E-state index in [4.69, 9.17) is 9.47 Å². The summed E-state index contributed by atoms with van der Waals surface area (Å²) in [7, 11) is 3.76. The highest BCUT2D eigenvalue weighted by molar-refractivity contribution is 7.10. The van der Waals surface area contributed by atoms with Crippen LogP contribution in [0.4, 0.5) is 10.5 Å². The number of likely N-dealkylation sites (N-methyl/N-ethyl adjacent to an activating group) is 1. The van der Waals surface area contributed by atoms with Crippen LogP contribution in [0.1, 0.15) is 52.4 Å². The number of aryl methyl sites for hydroxylation is 1. The molecule has 4 rings (SSSR count). The highest BCUT2D eigenvalue weighted by Crippen LogP contribution is 2.29. The zero-order chi connectivity index (χ0) is 27.1. The van der Waals surface area contributed by atoms with E-state index in [2.05, 4.69) is 16.0 Å². The fraction of sp³-hybridized carbons (Fsp3) is 0.414. The van der Waals surface area contributed by atoms with Gasteiger partial charge in [-0.05, 0) is 48.6 Å². The molecule has 3 heterocycles. The third kappa shape index (κ3) is 6.83. The van der Waals surface area contributed by atoms with Gasteiger partial charge in [0.05, 0.1) is 17.9 Å². The fourth-order valence-corrected chi connectivity index (χ4v) is 5.12. The topological polar surface area (TPSA) is 75.2 Å². The number of aromatic nitrogens is 1. The summed E-state index contributed by atoms with van der Waals surface area (Å²) in [4.78, 5) is 36.4. The molecule has 8 nitrogen and oxygen atoms in total. The van der Waals surface area contributed by atoms with Crippen LogP contribution in [0.25, 0.3) is 0 Å². The van der Waals surface area contributed by atoms with Gasteiger partial charge in [0, 0.05) is 63.5 Å². The first kappa shape index (κ1) is 27.4. The molecule has 0 bridgehead atoms. The van der Waals surface area contributed by atoms with Crippen molar-refractivity contribution in [1.82, 2.24) is 14.8 Å². The average Bonchev–Trinajstić information content (AvgIpc) is 3.43. The van der Waals surface area contributed by atoms with Crippen molar-refractivity contribution in [2.45, 2.75) is 39.3 Å². The van der Waals surface area contributed by atoms with E-state index in [-0.39, 0.29) is 18.1 Å². The number of pyridine rings is 1. The molecule has 1 aromatic carbocycles. The maximum Gasteiger partial charge on any atom is 0.409 e. The molecule has 1 aliphatic heterocycles. The van der Waals surface area contributed by atoms with Crippen molar-refractivity contribution in [2.75, 3.05) is 45.2 Å². The molecule has 1 aliphatic rings. The molecule has 2 aromatic heterocycles. The minimum absolute atomic E-state index is 0.00322. The predicted molar refractivity (Wildman–Crippen MR) is 150 cm³/mol. The lowest BCUT2D eigenvalue weighted by molar-refractivity contribution is 0.0754. The number of nitrogens with zero attached hydrogens (tertiary/aromatic N) is 4. The van der Waals surface area contributed by atoms with Crippen LogP contribution in [0.5, 0.6) is 5.75 Å². The Bertz CT molecular complexity index is 1220. The highest BCUT2D eigenvalue weighted by Gasteiger charge is 2.25. The summed E-state index contributed by atoms with van der Waals surface area (Å²) >= 11 is 1.64. The second kappa shape index (κ2) is 12.8. The monoisotopic (exact) mass is 536 g/mol. The Kier molecular flexibility index (Phi) is 9.23. The van der Waals surface area contributed by atoms with Gasteiger partial charge in [-0.2, -0.15) is 0 Å². The molecule has 38 heavy (non-hydrogen) atoms. The van der Waals surface area contributed by atoms with Gasteiger partial charge in [0.2, 0.25) is 0 Å². The van der Waals surface area contributed by atoms with Gasteiger partial charge in [0.25, 0.3) is 5.91 Å². The molecule has 2 amide bonds. The van der Waals surface area contributed by atoms with Crippen LogP contribution in [0.15, 0.2) is 54.0 Å². The first-order valence-corrected chi connectivity index (χ1v) is 13.9. The maximum atomic E-state index is 13.3. The van der Waals surface area contributed by atoms with Crippen molar-refractivity contribution in [3.8, 4) is 5.75 Å². The molecule has 0 radical (unpaired) electrons. The molecule has 202 valence electrons. The summed E-state index contributed by atoms with van der Waals surface area (Å²) in [5.74, 6) is 0.742. The largest absolute Gasteiger partial charge is 0.485 e. The van der Waals surface area contributed by atoms with Crippen LogP contribution in [0.2, 0.25) is 0 Å². The molecule has 0 saturated heterocycles. The van der Waals surface area contributed by atoms with E-state index in [0.29, 0.717) is 38.2 Å². The summed E-state index contributed by atoms with van der Waals surface area (Å²) in [6.07, 6.45) is 2.62. The van der Waals surface area contributed by atoms with E-state index in [9.17, 15) is 9.59 Å². The van der Waals surface area contributed by atoms with Crippen molar-refractivity contribution < 1.29 is 19.1 Å². The fourth-order valence-electron chi connectivity index (χ4n) is 4.33. The first-order chi connectivity index (χ1) is 18.4. The molecule has 0 saturated carbocycles. The Hall–Kier alpha value is -3.59. The smallest absolute Gasteiger partial charge is 0.409 e. The number of carbonyl (C=O) groups excluding carboxylic acids is 2. The Morgan fingerprint density at radius 2 is 2.00 bits per heavy atom. The van der Waals surface area contributed by atoms with Gasteiger partial charge in [-0.1, -0.05) is 25.1 Å². The molecular weight excluding hydrogens is 500 g/mol. The van der Waals surface area contributed by atoms with E-state index in [1.165, 1.54) is 0 Å². The molecule has 0 N–H and O–H groups in total. The van der Waals surface area contributed by atoms with Gasteiger partial charge in [-0.25, -0.2) is 4.79 Å². The number of ether oxygens (including phenoxy) is 2. The van der Waals surface area contributed by atoms with Crippen molar-refractivity contribution in [1.29, 1.82) is 0 Å². The van der Waals surface area contributed by atoms with Gasteiger partial charge >= 0.3 is 6.09 Å². The SMILES string of the molecule is CCCOC(=O)N(C)CC[C@H](Oc1ccc(CN2CCN(C)c3cc(C)ncc3C2=O)cc1)c1cccs1. The number of carbonyl (C=O) groups is 2. The molecule has 0 spiro atoms. The van der Waals surface area contributed by atoms with Crippen LogP contribution < -0.4 is 9.64 Å². The van der Waals surface area contributed by atoms with Gasteiger partial charge < -0.3 is 24.2 Å². The van der Waals surface area contributed by atoms with Crippen molar-refractivity contribution >= 4 is 29.0 Å². The molecule has 0 fully saturated rings. The van der Waals surface area contributed by atoms with E-state index in [0.717, 1.165) is 40.5 Å². The number of rotatable bonds is 10. The second-order valence-electron chi connectivity index (χ2n) is 9.58. The van der Waals surface area contributed by atoms with Crippen molar-refractivity contribution in [3.63, 3.8) is 0 Å². The average molecular weight is 537 g/mol. The first-order valence-electron chi connectivity index (χ1n) is 13.0. The molecule has 0 unspecified atom stereocenters. The molecule has 1 atom stereocenters. The normalized spacial score (nSPS) is 14.1. The predicted octanol–water partition coefficient (Wildman–Crippen LogP) is 5.53. The lowest BCUT2D eigenvalue weighted by atomic mass is 10.1. The zero-order valence-electron chi connectivity index (χ0n) is 22.6. The summed E-state index contributed by atoms with van der Waals surface area (Å²) in [6, 6.07) is 13.9. The Labute approximate surface area is 228 Å². The van der Waals surface area contributed by atoms with E-state index in [1.54, 1.807) is 29.5 Å². The molecule has 3 aromatic rings. The Balaban J connectivity index is 1.40. The van der Waals surface area contributed by atoms with E-state index < -0.39 is 0 Å². The number of anilines is 1. The molecule has 0 aliphatic carbocycles.